The fourth-order valence-corrected chi connectivity index (χ4v) is 3.14. The molecule has 0 aromatic heterocycles. The third kappa shape index (κ3) is 2.69. The van der Waals surface area contributed by atoms with Crippen molar-refractivity contribution in [2.75, 3.05) is 0 Å². The maximum atomic E-state index is 6.17. The van der Waals surface area contributed by atoms with Gasteiger partial charge in [0.1, 0.15) is 11.5 Å². The van der Waals surface area contributed by atoms with Crippen LogP contribution in [0.5, 0.6) is 11.5 Å². The molecule has 19 heavy (non-hydrogen) atoms. The molecule has 0 heterocycles. The normalized spacial score (nSPS) is 13.9. The van der Waals surface area contributed by atoms with Gasteiger partial charge in [-0.2, -0.15) is 0 Å². The van der Waals surface area contributed by atoms with Gasteiger partial charge in [0.05, 0.1) is 0 Å². The summed E-state index contributed by atoms with van der Waals surface area (Å²) in [6, 6.07) is 14.6. The largest absolute Gasteiger partial charge is 0.457 e. The summed E-state index contributed by atoms with van der Waals surface area (Å²) in [7, 11) is 0. The number of hydrogen-bond donors (Lipinski definition) is 0. The van der Waals surface area contributed by atoms with E-state index in [1.807, 2.05) is 18.2 Å². The summed E-state index contributed by atoms with van der Waals surface area (Å²) in [6.07, 6.45) is 4.90. The van der Waals surface area contributed by atoms with Crippen LogP contribution in [0.15, 0.2) is 42.5 Å². The van der Waals surface area contributed by atoms with E-state index in [4.69, 9.17) is 4.74 Å². The van der Waals surface area contributed by atoms with Crippen molar-refractivity contribution in [1.29, 1.82) is 0 Å². The third-order valence-corrected chi connectivity index (χ3v) is 4.29. The molecule has 2 heteroatoms. The van der Waals surface area contributed by atoms with Crippen molar-refractivity contribution in [3.8, 4) is 11.5 Å². The van der Waals surface area contributed by atoms with Crippen LogP contribution in [0, 0.1) is 0 Å². The van der Waals surface area contributed by atoms with E-state index in [0.29, 0.717) is 0 Å². The smallest absolute Gasteiger partial charge is 0.131 e. The maximum Gasteiger partial charge on any atom is 0.131 e. The summed E-state index contributed by atoms with van der Waals surface area (Å²) >= 11 is 3.52. The van der Waals surface area contributed by atoms with Gasteiger partial charge in [0.15, 0.2) is 0 Å². The van der Waals surface area contributed by atoms with E-state index in [9.17, 15) is 0 Å². The Morgan fingerprint density at radius 3 is 2.58 bits per heavy atom. The van der Waals surface area contributed by atoms with Crippen LogP contribution in [0.3, 0.4) is 0 Å². The first-order valence-corrected chi connectivity index (χ1v) is 7.93. The van der Waals surface area contributed by atoms with Crippen molar-refractivity contribution in [3.05, 3.63) is 59.2 Å². The quantitative estimate of drug-likeness (QED) is 0.702. The zero-order chi connectivity index (χ0) is 13.1. The standard InChI is InChI=1S/C17H17BrO/c18-12-14-7-2-4-10-16(14)19-17-11-5-8-13-6-1-3-9-15(13)17/h2,4-5,7-8,10-11H,1,3,6,9,12H2. The minimum atomic E-state index is 0.818. The molecular weight excluding hydrogens is 300 g/mol. The van der Waals surface area contributed by atoms with Crippen LogP contribution in [-0.4, -0.2) is 0 Å². The second-order valence-electron chi connectivity index (χ2n) is 4.94. The summed E-state index contributed by atoms with van der Waals surface area (Å²) < 4.78 is 6.17. The summed E-state index contributed by atoms with van der Waals surface area (Å²) in [5, 5.41) is 0.818. The lowest BCUT2D eigenvalue weighted by atomic mass is 9.91. The van der Waals surface area contributed by atoms with Gasteiger partial charge in [-0.3, -0.25) is 0 Å². The Balaban J connectivity index is 1.95. The summed E-state index contributed by atoms with van der Waals surface area (Å²) in [5.41, 5.74) is 4.05. The van der Waals surface area contributed by atoms with E-state index in [1.54, 1.807) is 0 Å². The first kappa shape index (κ1) is 12.7. The van der Waals surface area contributed by atoms with E-state index in [0.717, 1.165) is 23.2 Å². The molecule has 1 nitrogen and oxygen atoms in total. The lowest BCUT2D eigenvalue weighted by molar-refractivity contribution is 0.466. The van der Waals surface area contributed by atoms with Crippen LogP contribution >= 0.6 is 15.9 Å². The van der Waals surface area contributed by atoms with Crippen LogP contribution < -0.4 is 4.74 Å². The average Bonchev–Trinajstić information content (AvgIpc) is 2.48. The number of rotatable bonds is 3. The Morgan fingerprint density at radius 2 is 1.68 bits per heavy atom. The van der Waals surface area contributed by atoms with Crippen LogP contribution in [0.25, 0.3) is 0 Å². The van der Waals surface area contributed by atoms with Crippen molar-refractivity contribution in [3.63, 3.8) is 0 Å². The Kier molecular flexibility index (Phi) is 3.88. The number of halogens is 1. The molecule has 0 radical (unpaired) electrons. The minimum absolute atomic E-state index is 0.818. The average molecular weight is 317 g/mol. The van der Waals surface area contributed by atoms with Gasteiger partial charge in [0, 0.05) is 10.9 Å². The molecule has 0 spiro atoms. The number of alkyl halides is 1. The fraction of sp³-hybridized carbons (Fsp3) is 0.294. The Hall–Kier alpha value is -1.28. The molecule has 2 aromatic carbocycles. The van der Waals surface area contributed by atoms with Crippen molar-refractivity contribution >= 4 is 15.9 Å². The molecule has 0 saturated carbocycles. The van der Waals surface area contributed by atoms with Gasteiger partial charge in [0.25, 0.3) is 0 Å². The van der Waals surface area contributed by atoms with Gasteiger partial charge in [0.2, 0.25) is 0 Å². The van der Waals surface area contributed by atoms with Crippen LogP contribution in [-0.2, 0) is 18.2 Å². The molecule has 1 aliphatic rings. The van der Waals surface area contributed by atoms with Crippen LogP contribution in [0.2, 0.25) is 0 Å². The minimum Gasteiger partial charge on any atom is -0.457 e. The lowest BCUT2D eigenvalue weighted by Gasteiger charge is -2.20. The van der Waals surface area contributed by atoms with E-state index in [-0.39, 0.29) is 0 Å². The highest BCUT2D eigenvalue weighted by molar-refractivity contribution is 9.08. The maximum absolute atomic E-state index is 6.17. The SMILES string of the molecule is BrCc1ccccc1Oc1cccc2c1CCCC2. The van der Waals surface area contributed by atoms with Crippen molar-refractivity contribution in [1.82, 2.24) is 0 Å². The van der Waals surface area contributed by atoms with Gasteiger partial charge in [-0.25, -0.2) is 0 Å². The molecule has 0 bridgehead atoms. The topological polar surface area (TPSA) is 9.23 Å². The molecular formula is C17H17BrO. The van der Waals surface area contributed by atoms with Crippen LogP contribution in [0.4, 0.5) is 0 Å². The zero-order valence-corrected chi connectivity index (χ0v) is 12.4. The number of ether oxygens (including phenoxy) is 1. The Labute approximate surface area is 122 Å². The molecule has 0 N–H and O–H groups in total. The molecule has 0 amide bonds. The number of para-hydroxylation sites is 1. The molecule has 98 valence electrons. The number of fused-ring (bicyclic) bond motifs is 1. The molecule has 0 atom stereocenters. The zero-order valence-electron chi connectivity index (χ0n) is 10.9. The monoisotopic (exact) mass is 316 g/mol. The van der Waals surface area contributed by atoms with Crippen molar-refractivity contribution in [2.24, 2.45) is 0 Å². The highest BCUT2D eigenvalue weighted by Gasteiger charge is 2.14. The van der Waals surface area contributed by atoms with Crippen molar-refractivity contribution < 1.29 is 4.74 Å². The third-order valence-electron chi connectivity index (χ3n) is 3.69. The molecule has 0 unspecified atom stereocenters. The first-order chi connectivity index (χ1) is 9.38. The molecule has 0 aliphatic heterocycles. The summed E-state index contributed by atoms with van der Waals surface area (Å²) in [5.74, 6) is 1.99. The predicted octanol–water partition coefficient (Wildman–Crippen LogP) is 5.25. The van der Waals surface area contributed by atoms with E-state index < -0.39 is 0 Å². The van der Waals surface area contributed by atoms with E-state index in [1.165, 1.54) is 36.0 Å². The van der Waals surface area contributed by atoms with Gasteiger partial charge in [-0.05, 0) is 48.9 Å². The fourth-order valence-electron chi connectivity index (χ4n) is 2.67. The Morgan fingerprint density at radius 1 is 0.895 bits per heavy atom. The molecule has 3 rings (SSSR count). The van der Waals surface area contributed by atoms with Crippen molar-refractivity contribution in [2.45, 2.75) is 31.0 Å². The molecule has 0 fully saturated rings. The van der Waals surface area contributed by atoms with Gasteiger partial charge in [-0.15, -0.1) is 0 Å². The van der Waals surface area contributed by atoms with Gasteiger partial charge < -0.3 is 4.74 Å². The van der Waals surface area contributed by atoms with Crippen LogP contribution in [0.1, 0.15) is 29.5 Å². The first-order valence-electron chi connectivity index (χ1n) is 6.81. The summed E-state index contributed by atoms with van der Waals surface area (Å²) in [4.78, 5) is 0. The number of hydrogen-bond acceptors (Lipinski definition) is 1. The van der Waals surface area contributed by atoms with E-state index >= 15 is 0 Å². The highest BCUT2D eigenvalue weighted by atomic mass is 79.9. The molecule has 0 saturated heterocycles. The summed E-state index contributed by atoms with van der Waals surface area (Å²) in [6.45, 7) is 0. The molecule has 2 aromatic rings. The lowest BCUT2D eigenvalue weighted by Crippen LogP contribution is -2.04. The number of benzene rings is 2. The highest BCUT2D eigenvalue weighted by Crippen LogP contribution is 2.34. The van der Waals surface area contributed by atoms with Gasteiger partial charge in [-0.1, -0.05) is 46.3 Å². The second kappa shape index (κ2) is 5.79. The predicted molar refractivity (Wildman–Crippen MR) is 82.2 cm³/mol. The Bertz CT molecular complexity index is 577. The molecule has 1 aliphatic carbocycles. The number of aryl methyl sites for hydroxylation is 1. The van der Waals surface area contributed by atoms with E-state index in [2.05, 4.69) is 40.2 Å². The second-order valence-corrected chi connectivity index (χ2v) is 5.51. The van der Waals surface area contributed by atoms with Gasteiger partial charge >= 0.3 is 0 Å².